The summed E-state index contributed by atoms with van der Waals surface area (Å²) in [6.45, 7) is 0. The molecule has 1 nitrogen and oxygen atoms in total. The van der Waals surface area contributed by atoms with Crippen molar-refractivity contribution in [1.82, 2.24) is 0 Å². The fourth-order valence-electron chi connectivity index (χ4n) is 6.79. The highest BCUT2D eigenvalue weighted by Crippen LogP contribution is 2.46. The summed E-state index contributed by atoms with van der Waals surface area (Å²) in [6, 6.07) is 18.4. The van der Waals surface area contributed by atoms with Crippen molar-refractivity contribution in [2.24, 2.45) is 0 Å². The lowest BCUT2D eigenvalue weighted by molar-refractivity contribution is 0.669. The van der Waals surface area contributed by atoms with Gasteiger partial charge in [0.25, 0.3) is 0 Å². The van der Waals surface area contributed by atoms with Gasteiger partial charge in [0.15, 0.2) is 0 Å². The lowest BCUT2D eigenvalue weighted by atomic mass is 9.84. The molecule has 0 aliphatic carbocycles. The van der Waals surface area contributed by atoms with Crippen LogP contribution in [0.15, 0.2) is 186 Å². The van der Waals surface area contributed by atoms with Crippen molar-refractivity contribution < 1.29 is 25.0 Å². The fourth-order valence-corrected chi connectivity index (χ4v) is 6.79. The van der Waals surface area contributed by atoms with Crippen molar-refractivity contribution in [3.63, 3.8) is 0 Å². The minimum Gasteiger partial charge on any atom is -0.456 e. The van der Waals surface area contributed by atoms with Crippen LogP contribution in [-0.2, 0) is 0 Å². The molecule has 0 unspecified atom stereocenters. The number of fused-ring (bicyclic) bond motifs is 6. The largest absolute Gasteiger partial charge is 0.456 e. The van der Waals surface area contributed by atoms with Crippen LogP contribution in [0.4, 0.5) is 0 Å². The highest BCUT2D eigenvalue weighted by molar-refractivity contribution is 6.23. The Kier molecular flexibility index (Phi) is 3.75. The van der Waals surface area contributed by atoms with E-state index in [0.29, 0.717) is 22.3 Å². The Bertz CT molecular complexity index is 3640. The molecule has 10 rings (SSSR count). The van der Waals surface area contributed by atoms with E-state index in [4.69, 9.17) is 18.1 Å². The van der Waals surface area contributed by atoms with Gasteiger partial charge >= 0.3 is 0 Å². The molecule has 0 fully saturated rings. The van der Waals surface area contributed by atoms with Gasteiger partial charge < -0.3 is 4.42 Å². The summed E-state index contributed by atoms with van der Waals surface area (Å²) in [5.74, 6) is 0. The molecule has 0 saturated heterocycles. The number of rotatable bonds is 4. The standard InChI is InChI=1S/C48H30O/c1-2-12-31(13-3-1)34-24-26-45-43(29-34)44-30-35(25-27-46(44)49-45)33-16-10-17-36(28-33)47-39-19-6-8-21-41(39)48(42-22-9-7-20-40(42)47)38-23-11-15-32-14-4-5-18-37(32)38/h1-30H/i4D,5D,6D,7D,8D,9D,11D,14D,15D,18D,19D,20D,21D,22D,23D. The first-order valence-electron chi connectivity index (χ1n) is 23.1. The van der Waals surface area contributed by atoms with Gasteiger partial charge in [0.05, 0.1) is 20.6 Å². The molecule has 0 N–H and O–H groups in total. The van der Waals surface area contributed by atoms with Gasteiger partial charge in [-0.15, -0.1) is 0 Å². The third-order valence-corrected chi connectivity index (χ3v) is 9.00. The summed E-state index contributed by atoms with van der Waals surface area (Å²) >= 11 is 0. The van der Waals surface area contributed by atoms with Gasteiger partial charge in [-0.25, -0.2) is 0 Å². The SMILES string of the molecule is [2H]c1c([2H])c([2H])c2c(-c3c4c([2H])c([2H])c([2H])c([2H])c4c(-c4cccc(-c5ccc6oc7ccc(-c8ccccc8)cc7c6c5)c4)c4c([2H])c([2H])c([2H])c([2H])c34)c([2H])c([2H])c([2H])c2c1[2H]. The average molecular weight is 638 g/mol. The Morgan fingerprint density at radius 3 is 1.53 bits per heavy atom. The lowest BCUT2D eigenvalue weighted by Gasteiger charge is -2.19. The fraction of sp³-hybridized carbons (Fsp3) is 0. The van der Waals surface area contributed by atoms with Crippen LogP contribution >= 0.6 is 0 Å². The van der Waals surface area contributed by atoms with Gasteiger partial charge in [-0.2, -0.15) is 0 Å². The summed E-state index contributed by atoms with van der Waals surface area (Å²) in [5.41, 5.74) is 4.32. The van der Waals surface area contributed by atoms with Crippen LogP contribution < -0.4 is 0 Å². The zero-order valence-corrected chi connectivity index (χ0v) is 25.6. The monoisotopic (exact) mass is 637 g/mol. The molecule has 1 aromatic heterocycles. The predicted octanol–water partition coefficient (Wildman–Crippen LogP) is 13.7. The molecule has 0 atom stereocenters. The molecule has 1 heteroatoms. The molecular formula is C48H30O. The van der Waals surface area contributed by atoms with Gasteiger partial charge in [0, 0.05) is 10.8 Å². The second kappa shape index (κ2) is 11.1. The van der Waals surface area contributed by atoms with Crippen molar-refractivity contribution in [2.75, 3.05) is 0 Å². The van der Waals surface area contributed by atoms with E-state index < -0.39 is 107 Å². The summed E-state index contributed by atoms with van der Waals surface area (Å²) in [6.07, 6.45) is 0. The van der Waals surface area contributed by atoms with Gasteiger partial charge in [0.2, 0.25) is 0 Å². The highest BCUT2D eigenvalue weighted by atomic mass is 16.3. The summed E-state index contributed by atoms with van der Waals surface area (Å²) in [5, 5.41) is -0.0943. The van der Waals surface area contributed by atoms with Crippen molar-refractivity contribution in [2.45, 2.75) is 0 Å². The molecular weight excluding hydrogens is 593 g/mol. The van der Waals surface area contributed by atoms with Crippen LogP contribution in [-0.4, -0.2) is 0 Å². The Morgan fingerprint density at radius 2 is 0.857 bits per heavy atom. The average Bonchev–Trinajstić information content (AvgIpc) is 3.68. The van der Waals surface area contributed by atoms with E-state index >= 15 is 0 Å². The molecule has 0 radical (unpaired) electrons. The molecule has 228 valence electrons. The van der Waals surface area contributed by atoms with Gasteiger partial charge in [-0.3, -0.25) is 0 Å². The maximum absolute atomic E-state index is 9.42. The second-order valence-electron chi connectivity index (χ2n) is 11.7. The van der Waals surface area contributed by atoms with Gasteiger partial charge in [-0.1, -0.05) is 151 Å². The minimum atomic E-state index is -0.758. The molecule has 1 heterocycles. The van der Waals surface area contributed by atoms with Crippen LogP contribution in [0, 0.1) is 0 Å². The first-order valence-corrected chi connectivity index (χ1v) is 15.6. The normalized spacial score (nSPS) is 16.0. The zero-order chi connectivity index (χ0) is 45.4. The minimum absolute atomic E-state index is 0.0258. The van der Waals surface area contributed by atoms with Crippen LogP contribution in [0.1, 0.15) is 20.6 Å². The Balaban J connectivity index is 1.34. The van der Waals surface area contributed by atoms with Gasteiger partial charge in [-0.05, 0) is 107 Å². The second-order valence-corrected chi connectivity index (χ2v) is 11.7. The Morgan fingerprint density at radius 1 is 0.347 bits per heavy atom. The number of hydrogen-bond donors (Lipinski definition) is 0. The molecule has 0 bridgehead atoms. The first kappa shape index (κ1) is 16.6. The van der Waals surface area contributed by atoms with Crippen LogP contribution in [0.3, 0.4) is 0 Å². The number of benzene rings is 9. The van der Waals surface area contributed by atoms with Crippen molar-refractivity contribution in [3.05, 3.63) is 182 Å². The molecule has 10 aromatic rings. The highest BCUT2D eigenvalue weighted by Gasteiger charge is 2.18. The maximum Gasteiger partial charge on any atom is 0.135 e. The molecule has 0 aliphatic heterocycles. The zero-order valence-electron chi connectivity index (χ0n) is 40.6. The van der Waals surface area contributed by atoms with Crippen LogP contribution in [0.25, 0.3) is 98.8 Å². The third kappa shape index (κ3) is 4.47. The van der Waals surface area contributed by atoms with Crippen LogP contribution in [0.2, 0.25) is 0 Å². The van der Waals surface area contributed by atoms with Crippen molar-refractivity contribution in [1.29, 1.82) is 0 Å². The quantitative estimate of drug-likeness (QED) is 0.175. The molecule has 0 saturated carbocycles. The molecule has 0 spiro atoms. The first-order chi connectivity index (χ1) is 30.5. The molecule has 9 aromatic carbocycles. The third-order valence-electron chi connectivity index (χ3n) is 9.00. The number of hydrogen-bond acceptors (Lipinski definition) is 1. The van der Waals surface area contributed by atoms with E-state index in [2.05, 4.69) is 6.07 Å². The summed E-state index contributed by atoms with van der Waals surface area (Å²) < 4.78 is 141. The smallest absolute Gasteiger partial charge is 0.135 e. The van der Waals surface area contributed by atoms with Crippen molar-refractivity contribution >= 4 is 54.3 Å². The van der Waals surface area contributed by atoms with E-state index in [1.165, 1.54) is 0 Å². The lowest BCUT2D eigenvalue weighted by Crippen LogP contribution is -1.92. The Hall–Kier alpha value is -6.44. The van der Waals surface area contributed by atoms with E-state index in [1.54, 1.807) is 18.2 Å². The molecule has 49 heavy (non-hydrogen) atoms. The number of furan rings is 1. The maximum atomic E-state index is 9.42. The molecule has 0 aliphatic rings. The Labute approximate surface area is 305 Å². The van der Waals surface area contributed by atoms with Gasteiger partial charge in [0.1, 0.15) is 11.2 Å². The predicted molar refractivity (Wildman–Crippen MR) is 208 cm³/mol. The van der Waals surface area contributed by atoms with Crippen LogP contribution in [0.5, 0.6) is 0 Å². The van der Waals surface area contributed by atoms with E-state index in [-0.39, 0.29) is 32.7 Å². The van der Waals surface area contributed by atoms with Crippen molar-refractivity contribution in [3.8, 4) is 44.5 Å². The van der Waals surface area contributed by atoms with E-state index in [1.807, 2.05) is 66.7 Å². The molecule has 0 amide bonds. The summed E-state index contributed by atoms with van der Waals surface area (Å²) in [4.78, 5) is 0. The summed E-state index contributed by atoms with van der Waals surface area (Å²) in [7, 11) is 0. The van der Waals surface area contributed by atoms with E-state index in [0.717, 1.165) is 27.5 Å². The topological polar surface area (TPSA) is 13.1 Å². The van der Waals surface area contributed by atoms with E-state index in [9.17, 15) is 6.85 Å².